The quantitative estimate of drug-likeness (QED) is 0.869. The predicted octanol–water partition coefficient (Wildman–Crippen LogP) is 3.75. The van der Waals surface area contributed by atoms with Crippen molar-refractivity contribution in [3.63, 3.8) is 0 Å². The van der Waals surface area contributed by atoms with Gasteiger partial charge in [0.2, 0.25) is 0 Å². The fourth-order valence-electron chi connectivity index (χ4n) is 2.07. The number of anilines is 2. The van der Waals surface area contributed by atoms with Crippen LogP contribution in [-0.4, -0.2) is 11.5 Å². The molecule has 0 atom stereocenters. The van der Waals surface area contributed by atoms with E-state index in [1.54, 1.807) is 6.20 Å². The van der Waals surface area contributed by atoms with Gasteiger partial charge in [-0.2, -0.15) is 0 Å². The number of hydrogen-bond acceptors (Lipinski definition) is 3. The highest BCUT2D eigenvalue weighted by molar-refractivity contribution is 5.50. The molecule has 0 radical (unpaired) electrons. The molecule has 106 valence electrons. The lowest BCUT2D eigenvalue weighted by Crippen LogP contribution is -2.07. The third kappa shape index (κ3) is 3.73. The molecule has 0 unspecified atom stereocenters. The molecule has 0 aliphatic carbocycles. The molecule has 1 heterocycles. The number of hydrogen-bond donors (Lipinski definition) is 2. The van der Waals surface area contributed by atoms with Crippen LogP contribution in [0.2, 0.25) is 0 Å². The number of aryl methyl sites for hydroxylation is 1. The van der Waals surface area contributed by atoms with Crippen LogP contribution in [-0.2, 0) is 6.42 Å². The lowest BCUT2D eigenvalue weighted by molar-refractivity contribution is 0.864. The molecule has 2 aromatic rings. The number of rotatable bonds is 5. The number of nitrogens with one attached hydrogen (secondary N) is 1. The summed E-state index contributed by atoms with van der Waals surface area (Å²) in [5.41, 5.74) is 10.3. The third-order valence-corrected chi connectivity index (χ3v) is 3.52. The molecule has 3 N–H and O–H groups in total. The smallest absolute Gasteiger partial charge is 0.126 e. The molecule has 1 aromatic heterocycles. The SMILES string of the molecule is Cc1cc(NCCc2ccc(C(C)C)cc2)ncc1N. The van der Waals surface area contributed by atoms with Crippen LogP contribution in [0.1, 0.15) is 36.5 Å². The first-order chi connectivity index (χ1) is 9.56. The maximum Gasteiger partial charge on any atom is 0.126 e. The minimum atomic E-state index is 0.587. The largest absolute Gasteiger partial charge is 0.397 e. The normalized spacial score (nSPS) is 10.8. The Hall–Kier alpha value is -2.03. The van der Waals surface area contributed by atoms with Gasteiger partial charge in [-0.1, -0.05) is 38.1 Å². The van der Waals surface area contributed by atoms with E-state index in [4.69, 9.17) is 5.73 Å². The Morgan fingerprint density at radius 3 is 2.50 bits per heavy atom. The molecule has 2 rings (SSSR count). The molecule has 0 aliphatic rings. The Morgan fingerprint density at radius 1 is 1.20 bits per heavy atom. The third-order valence-electron chi connectivity index (χ3n) is 3.52. The number of benzene rings is 1. The minimum Gasteiger partial charge on any atom is -0.397 e. The summed E-state index contributed by atoms with van der Waals surface area (Å²) in [5.74, 6) is 1.47. The van der Waals surface area contributed by atoms with E-state index in [2.05, 4.69) is 48.4 Å². The molecule has 0 fully saturated rings. The van der Waals surface area contributed by atoms with Gasteiger partial charge in [-0.15, -0.1) is 0 Å². The van der Waals surface area contributed by atoms with E-state index < -0.39 is 0 Å². The second-order valence-electron chi connectivity index (χ2n) is 5.50. The van der Waals surface area contributed by atoms with E-state index in [0.29, 0.717) is 5.92 Å². The van der Waals surface area contributed by atoms with Crippen molar-refractivity contribution in [2.75, 3.05) is 17.6 Å². The zero-order valence-corrected chi connectivity index (χ0v) is 12.5. The Kier molecular flexibility index (Phi) is 4.61. The fraction of sp³-hybridized carbons (Fsp3) is 0.353. The first-order valence-electron chi connectivity index (χ1n) is 7.11. The molecule has 0 amide bonds. The van der Waals surface area contributed by atoms with Gasteiger partial charge in [0.1, 0.15) is 5.82 Å². The summed E-state index contributed by atoms with van der Waals surface area (Å²) < 4.78 is 0. The molecule has 0 aliphatic heterocycles. The number of nitrogen functional groups attached to an aromatic ring is 1. The molecule has 0 saturated heterocycles. The minimum absolute atomic E-state index is 0.587. The summed E-state index contributed by atoms with van der Waals surface area (Å²) in [6.45, 7) is 7.29. The summed E-state index contributed by atoms with van der Waals surface area (Å²) >= 11 is 0. The molecular weight excluding hydrogens is 246 g/mol. The van der Waals surface area contributed by atoms with Gasteiger partial charge in [-0.3, -0.25) is 0 Å². The summed E-state index contributed by atoms with van der Waals surface area (Å²) in [7, 11) is 0. The van der Waals surface area contributed by atoms with Gasteiger partial charge in [0, 0.05) is 6.54 Å². The molecular formula is C17H23N3. The molecule has 3 nitrogen and oxygen atoms in total. The fourth-order valence-corrected chi connectivity index (χ4v) is 2.07. The van der Waals surface area contributed by atoms with Crippen LogP contribution < -0.4 is 11.1 Å². The van der Waals surface area contributed by atoms with Crippen LogP contribution in [0.25, 0.3) is 0 Å². The average Bonchev–Trinajstić information content (AvgIpc) is 2.43. The summed E-state index contributed by atoms with van der Waals surface area (Å²) in [5, 5.41) is 3.33. The van der Waals surface area contributed by atoms with Crippen molar-refractivity contribution >= 4 is 11.5 Å². The first kappa shape index (κ1) is 14.4. The van der Waals surface area contributed by atoms with Crippen molar-refractivity contribution in [1.82, 2.24) is 4.98 Å². The van der Waals surface area contributed by atoms with Crippen molar-refractivity contribution < 1.29 is 0 Å². The van der Waals surface area contributed by atoms with E-state index in [0.717, 1.165) is 30.0 Å². The summed E-state index contributed by atoms with van der Waals surface area (Å²) in [6.07, 6.45) is 2.69. The van der Waals surface area contributed by atoms with Crippen LogP contribution in [0.15, 0.2) is 36.5 Å². The molecule has 3 heteroatoms. The lowest BCUT2D eigenvalue weighted by atomic mass is 10.0. The topological polar surface area (TPSA) is 50.9 Å². The summed E-state index contributed by atoms with van der Waals surface area (Å²) in [4.78, 5) is 4.27. The van der Waals surface area contributed by atoms with Gasteiger partial charge in [0.25, 0.3) is 0 Å². The number of pyridine rings is 1. The van der Waals surface area contributed by atoms with Gasteiger partial charge >= 0.3 is 0 Å². The van der Waals surface area contributed by atoms with Gasteiger partial charge in [0.15, 0.2) is 0 Å². The standard InChI is InChI=1S/C17H23N3/c1-12(2)15-6-4-14(5-7-15)8-9-19-17-10-13(3)16(18)11-20-17/h4-7,10-12H,8-9,18H2,1-3H3,(H,19,20). The molecule has 0 saturated carbocycles. The highest BCUT2D eigenvalue weighted by Crippen LogP contribution is 2.16. The molecule has 0 bridgehead atoms. The van der Waals surface area contributed by atoms with Crippen LogP contribution >= 0.6 is 0 Å². The number of nitrogens with zero attached hydrogens (tertiary/aromatic N) is 1. The van der Waals surface area contributed by atoms with E-state index in [-0.39, 0.29) is 0 Å². The highest BCUT2D eigenvalue weighted by atomic mass is 15.0. The van der Waals surface area contributed by atoms with Crippen LogP contribution in [0.3, 0.4) is 0 Å². The zero-order valence-electron chi connectivity index (χ0n) is 12.5. The molecule has 20 heavy (non-hydrogen) atoms. The summed E-state index contributed by atoms with van der Waals surface area (Å²) in [6, 6.07) is 10.8. The first-order valence-corrected chi connectivity index (χ1v) is 7.11. The highest BCUT2D eigenvalue weighted by Gasteiger charge is 2.00. The van der Waals surface area contributed by atoms with Crippen molar-refractivity contribution in [1.29, 1.82) is 0 Å². The van der Waals surface area contributed by atoms with E-state index in [1.807, 2.05) is 13.0 Å². The molecule has 1 aromatic carbocycles. The zero-order chi connectivity index (χ0) is 14.5. The Labute approximate surface area is 121 Å². The van der Waals surface area contributed by atoms with Gasteiger partial charge < -0.3 is 11.1 Å². The van der Waals surface area contributed by atoms with Crippen molar-refractivity contribution in [2.45, 2.75) is 33.1 Å². The van der Waals surface area contributed by atoms with Crippen LogP contribution in [0.4, 0.5) is 11.5 Å². The number of aromatic nitrogens is 1. The second-order valence-corrected chi connectivity index (χ2v) is 5.50. The van der Waals surface area contributed by atoms with E-state index in [9.17, 15) is 0 Å². The Bertz CT molecular complexity index is 559. The number of nitrogens with two attached hydrogens (primary N) is 1. The molecule has 0 spiro atoms. The van der Waals surface area contributed by atoms with Gasteiger partial charge in [0.05, 0.1) is 11.9 Å². The van der Waals surface area contributed by atoms with Crippen LogP contribution in [0.5, 0.6) is 0 Å². The maximum atomic E-state index is 5.76. The Balaban J connectivity index is 1.87. The van der Waals surface area contributed by atoms with Crippen molar-refractivity contribution in [3.8, 4) is 0 Å². The second kappa shape index (κ2) is 6.42. The maximum absolute atomic E-state index is 5.76. The van der Waals surface area contributed by atoms with Gasteiger partial charge in [-0.25, -0.2) is 4.98 Å². The van der Waals surface area contributed by atoms with E-state index in [1.165, 1.54) is 11.1 Å². The van der Waals surface area contributed by atoms with Crippen molar-refractivity contribution in [2.24, 2.45) is 0 Å². The van der Waals surface area contributed by atoms with Crippen molar-refractivity contribution in [3.05, 3.63) is 53.2 Å². The monoisotopic (exact) mass is 269 g/mol. The predicted molar refractivity (Wildman–Crippen MR) is 86.1 cm³/mol. The average molecular weight is 269 g/mol. The van der Waals surface area contributed by atoms with E-state index >= 15 is 0 Å². The lowest BCUT2D eigenvalue weighted by Gasteiger charge is -2.09. The Morgan fingerprint density at radius 2 is 1.90 bits per heavy atom. The van der Waals surface area contributed by atoms with Crippen LogP contribution in [0, 0.1) is 6.92 Å². The van der Waals surface area contributed by atoms with Gasteiger partial charge in [-0.05, 0) is 42.0 Å².